The molecule has 2 amide bonds. The van der Waals surface area contributed by atoms with E-state index in [0.717, 1.165) is 47.3 Å². The van der Waals surface area contributed by atoms with Crippen molar-refractivity contribution in [1.29, 1.82) is 0 Å². The number of aromatic nitrogens is 3. The van der Waals surface area contributed by atoms with Gasteiger partial charge in [-0.25, -0.2) is 8.42 Å². The van der Waals surface area contributed by atoms with Crippen LogP contribution < -0.4 is 10.6 Å². The predicted molar refractivity (Wildman–Crippen MR) is 172 cm³/mol. The number of benzene rings is 3. The second-order valence-electron chi connectivity index (χ2n) is 10.9. The summed E-state index contributed by atoms with van der Waals surface area (Å²) in [7, 11) is -3.58. The number of thioether (sulfide) groups is 1. The smallest absolute Gasteiger partial charge is 0.251 e. The highest BCUT2D eigenvalue weighted by Crippen LogP contribution is 2.25. The van der Waals surface area contributed by atoms with E-state index in [1.807, 2.05) is 67.8 Å². The first-order valence-corrected chi connectivity index (χ1v) is 16.9. The van der Waals surface area contributed by atoms with Gasteiger partial charge >= 0.3 is 0 Å². The highest BCUT2D eigenvalue weighted by molar-refractivity contribution is 7.99. The first kappa shape index (κ1) is 31.4. The van der Waals surface area contributed by atoms with E-state index in [1.165, 1.54) is 40.3 Å². The topological polar surface area (TPSA) is 126 Å². The number of aryl methyl sites for hydroxylation is 3. The molecule has 2 N–H and O–H groups in total. The van der Waals surface area contributed by atoms with Crippen LogP contribution in [-0.4, -0.2) is 58.1 Å². The largest absolute Gasteiger partial charge is 0.345 e. The number of nitrogens with one attached hydrogen (secondary N) is 2. The van der Waals surface area contributed by atoms with E-state index in [4.69, 9.17) is 0 Å². The van der Waals surface area contributed by atoms with Crippen molar-refractivity contribution in [3.63, 3.8) is 0 Å². The van der Waals surface area contributed by atoms with E-state index in [2.05, 4.69) is 20.8 Å². The molecule has 1 aromatic heterocycles. The minimum Gasteiger partial charge on any atom is -0.345 e. The summed E-state index contributed by atoms with van der Waals surface area (Å²) in [6.07, 6.45) is 2.74. The zero-order valence-electron chi connectivity index (χ0n) is 25.0. The molecule has 0 aliphatic carbocycles. The van der Waals surface area contributed by atoms with Gasteiger partial charge in [0.2, 0.25) is 15.9 Å². The van der Waals surface area contributed by atoms with Crippen LogP contribution in [-0.2, 0) is 21.4 Å². The summed E-state index contributed by atoms with van der Waals surface area (Å²) in [5.41, 5.74) is 4.99. The lowest BCUT2D eigenvalue weighted by Crippen LogP contribution is -2.35. The monoisotopic (exact) mass is 632 g/mol. The Kier molecular flexibility index (Phi) is 9.82. The molecule has 5 rings (SSSR count). The third kappa shape index (κ3) is 7.37. The molecule has 0 saturated carbocycles. The van der Waals surface area contributed by atoms with Crippen LogP contribution in [0, 0.1) is 20.8 Å². The van der Waals surface area contributed by atoms with E-state index in [1.54, 1.807) is 0 Å². The number of carbonyl (C=O) groups excluding carboxylic acids is 2. The third-order valence-corrected chi connectivity index (χ3v) is 10.3. The average Bonchev–Trinajstić information content (AvgIpc) is 3.44. The van der Waals surface area contributed by atoms with Crippen molar-refractivity contribution in [3.8, 4) is 5.69 Å². The van der Waals surface area contributed by atoms with Gasteiger partial charge < -0.3 is 10.6 Å². The van der Waals surface area contributed by atoms with Crippen LogP contribution in [0.25, 0.3) is 5.69 Å². The molecule has 1 aliphatic heterocycles. The molecule has 0 atom stereocenters. The molecule has 44 heavy (non-hydrogen) atoms. The lowest BCUT2D eigenvalue weighted by molar-refractivity contribution is -0.113. The lowest BCUT2D eigenvalue weighted by Gasteiger charge is -2.25. The van der Waals surface area contributed by atoms with Crippen molar-refractivity contribution in [2.75, 3.05) is 24.2 Å². The highest BCUT2D eigenvalue weighted by Gasteiger charge is 2.26. The quantitative estimate of drug-likeness (QED) is 0.235. The fourth-order valence-electron chi connectivity index (χ4n) is 5.02. The summed E-state index contributed by atoms with van der Waals surface area (Å²) in [6, 6.07) is 19.7. The number of amides is 2. The first-order chi connectivity index (χ1) is 21.1. The molecule has 0 spiro atoms. The number of anilines is 1. The van der Waals surface area contributed by atoms with Gasteiger partial charge in [-0.3, -0.25) is 14.2 Å². The van der Waals surface area contributed by atoms with Crippen LogP contribution in [0.1, 0.15) is 52.1 Å². The number of hydrogen-bond donors (Lipinski definition) is 2. The Morgan fingerprint density at radius 2 is 1.61 bits per heavy atom. The Hall–Kier alpha value is -4.00. The second-order valence-corrected chi connectivity index (χ2v) is 13.8. The minimum atomic E-state index is -3.58. The van der Waals surface area contributed by atoms with Crippen LogP contribution in [0.2, 0.25) is 0 Å². The van der Waals surface area contributed by atoms with Gasteiger partial charge in [-0.05, 0) is 92.8 Å². The van der Waals surface area contributed by atoms with E-state index < -0.39 is 10.0 Å². The molecular formula is C32H36N6O4S2. The standard InChI is InChI=1S/C32H36N6O4S2/c1-22-8-7-9-26(18-22)38-29(35-36-32(38)43-21-30(39)34-28-19-23(2)10-11-24(28)3)20-33-31(40)25-12-14-27(15-13-25)44(41,42)37-16-5-4-6-17-37/h7-15,18-19H,4-6,16-17,20-21H2,1-3H3,(H,33,40)(H,34,39). The lowest BCUT2D eigenvalue weighted by atomic mass is 10.1. The molecule has 230 valence electrons. The van der Waals surface area contributed by atoms with E-state index in [9.17, 15) is 18.0 Å². The highest BCUT2D eigenvalue weighted by atomic mass is 32.2. The van der Waals surface area contributed by atoms with Crippen molar-refractivity contribution in [3.05, 3.63) is 94.8 Å². The fraction of sp³-hybridized carbons (Fsp3) is 0.312. The molecule has 2 heterocycles. The fourth-order valence-corrected chi connectivity index (χ4v) is 7.30. The van der Waals surface area contributed by atoms with Gasteiger partial charge in [0.15, 0.2) is 11.0 Å². The summed E-state index contributed by atoms with van der Waals surface area (Å²) in [6.45, 7) is 7.01. The van der Waals surface area contributed by atoms with Gasteiger partial charge in [-0.2, -0.15) is 4.31 Å². The number of piperidine rings is 1. The molecule has 10 nitrogen and oxygen atoms in total. The van der Waals surface area contributed by atoms with Crippen LogP contribution in [0.4, 0.5) is 5.69 Å². The normalized spacial score (nSPS) is 13.9. The summed E-state index contributed by atoms with van der Waals surface area (Å²) in [4.78, 5) is 26.0. The van der Waals surface area contributed by atoms with Crippen LogP contribution >= 0.6 is 11.8 Å². The van der Waals surface area contributed by atoms with Crippen molar-refractivity contribution in [2.45, 2.75) is 56.6 Å². The van der Waals surface area contributed by atoms with E-state index in [0.29, 0.717) is 29.6 Å². The van der Waals surface area contributed by atoms with Gasteiger partial charge in [-0.15, -0.1) is 10.2 Å². The van der Waals surface area contributed by atoms with Crippen LogP contribution in [0.5, 0.6) is 0 Å². The average molecular weight is 633 g/mol. The maximum Gasteiger partial charge on any atom is 0.251 e. The number of sulfonamides is 1. The molecule has 1 aliphatic rings. The molecular weight excluding hydrogens is 597 g/mol. The van der Waals surface area contributed by atoms with Crippen molar-refractivity contribution >= 4 is 39.3 Å². The molecule has 1 fully saturated rings. The predicted octanol–water partition coefficient (Wildman–Crippen LogP) is 5.03. The summed E-state index contributed by atoms with van der Waals surface area (Å²) < 4.78 is 29.3. The van der Waals surface area contributed by atoms with Gasteiger partial charge in [-0.1, -0.05) is 42.4 Å². The minimum absolute atomic E-state index is 0.0723. The zero-order valence-corrected chi connectivity index (χ0v) is 26.7. The summed E-state index contributed by atoms with van der Waals surface area (Å²) in [5, 5.41) is 15.0. The summed E-state index contributed by atoms with van der Waals surface area (Å²) in [5.74, 6) is 0.0812. The number of carbonyl (C=O) groups is 2. The summed E-state index contributed by atoms with van der Waals surface area (Å²) >= 11 is 1.26. The van der Waals surface area contributed by atoms with E-state index in [-0.39, 0.29) is 29.0 Å². The SMILES string of the molecule is Cc1cccc(-n2c(CNC(=O)c3ccc(S(=O)(=O)N4CCCCC4)cc3)nnc2SCC(=O)Nc2cc(C)ccc2C)c1. The molecule has 0 bridgehead atoms. The Labute approximate surface area is 262 Å². The number of hydrogen-bond acceptors (Lipinski definition) is 7. The number of nitrogens with zero attached hydrogens (tertiary/aromatic N) is 4. The van der Waals surface area contributed by atoms with Gasteiger partial charge in [0.25, 0.3) is 5.91 Å². The Morgan fingerprint density at radius 3 is 2.34 bits per heavy atom. The van der Waals surface area contributed by atoms with Crippen LogP contribution in [0.15, 0.2) is 76.8 Å². The Morgan fingerprint density at radius 1 is 0.886 bits per heavy atom. The maximum absolute atomic E-state index is 13.0. The Bertz CT molecular complexity index is 1760. The molecule has 4 aromatic rings. The third-order valence-electron chi connectivity index (χ3n) is 7.44. The van der Waals surface area contributed by atoms with E-state index >= 15 is 0 Å². The van der Waals surface area contributed by atoms with Crippen molar-refractivity contribution in [2.24, 2.45) is 0 Å². The van der Waals surface area contributed by atoms with Crippen LogP contribution in [0.3, 0.4) is 0 Å². The maximum atomic E-state index is 13.0. The number of rotatable bonds is 10. The molecule has 3 aromatic carbocycles. The molecule has 0 unspecified atom stereocenters. The van der Waals surface area contributed by atoms with Crippen molar-refractivity contribution < 1.29 is 18.0 Å². The van der Waals surface area contributed by atoms with Gasteiger partial charge in [0, 0.05) is 30.0 Å². The molecule has 0 radical (unpaired) electrons. The van der Waals surface area contributed by atoms with Gasteiger partial charge in [0.1, 0.15) is 0 Å². The Balaban J connectivity index is 1.28. The zero-order chi connectivity index (χ0) is 31.3. The molecule has 12 heteroatoms. The first-order valence-electron chi connectivity index (χ1n) is 14.5. The van der Waals surface area contributed by atoms with Gasteiger partial charge in [0.05, 0.1) is 17.2 Å². The molecule has 1 saturated heterocycles. The van der Waals surface area contributed by atoms with Crippen molar-refractivity contribution in [1.82, 2.24) is 24.4 Å². The second kappa shape index (κ2) is 13.7.